The van der Waals surface area contributed by atoms with Gasteiger partial charge in [0.15, 0.2) is 0 Å². The highest BCUT2D eigenvalue weighted by molar-refractivity contribution is 5.27. The minimum Gasteiger partial charge on any atom is -0.304 e. The first-order valence-electron chi connectivity index (χ1n) is 9.21. The van der Waals surface area contributed by atoms with E-state index in [4.69, 9.17) is 0 Å². The Hall–Kier alpha value is -2.67. The van der Waals surface area contributed by atoms with Gasteiger partial charge < -0.3 is 4.57 Å². The van der Waals surface area contributed by atoms with Gasteiger partial charge in [-0.15, -0.1) is 0 Å². The molecular formula is C19H24N6O. The second kappa shape index (κ2) is 7.29. The Kier molecular flexibility index (Phi) is 4.71. The molecule has 1 saturated heterocycles. The fraction of sp³-hybridized carbons (Fsp3) is 0.421. The van der Waals surface area contributed by atoms with Crippen molar-refractivity contribution in [3.05, 3.63) is 64.7 Å². The summed E-state index contributed by atoms with van der Waals surface area (Å²) in [5.41, 5.74) is 1.11. The first-order valence-corrected chi connectivity index (χ1v) is 9.21. The molecule has 1 aliphatic heterocycles. The van der Waals surface area contributed by atoms with Crippen molar-refractivity contribution in [1.29, 1.82) is 0 Å². The maximum atomic E-state index is 11.9. The van der Waals surface area contributed by atoms with Gasteiger partial charge in [-0.3, -0.25) is 9.47 Å². The van der Waals surface area contributed by atoms with E-state index in [0.717, 1.165) is 44.1 Å². The second-order valence-electron chi connectivity index (χ2n) is 6.76. The lowest BCUT2D eigenvalue weighted by Gasteiger charge is -2.32. The number of nitrogens with zero attached hydrogens (tertiary/aromatic N) is 5. The predicted octanol–water partition coefficient (Wildman–Crippen LogP) is 2.16. The van der Waals surface area contributed by atoms with Crippen molar-refractivity contribution in [2.24, 2.45) is 0 Å². The largest absolute Gasteiger partial charge is 0.343 e. The topological polar surface area (TPSA) is 71.7 Å². The summed E-state index contributed by atoms with van der Waals surface area (Å²) < 4.78 is 3.89. The predicted molar refractivity (Wildman–Crippen MR) is 99.3 cm³/mol. The van der Waals surface area contributed by atoms with Crippen LogP contribution in [0.3, 0.4) is 0 Å². The summed E-state index contributed by atoms with van der Waals surface area (Å²) in [6.07, 6.45) is 6.06. The van der Waals surface area contributed by atoms with Crippen LogP contribution in [0.5, 0.6) is 0 Å². The van der Waals surface area contributed by atoms with Crippen molar-refractivity contribution >= 4 is 0 Å². The number of nitrogens with one attached hydrogen (secondary N) is 1. The molecule has 3 aromatic heterocycles. The van der Waals surface area contributed by atoms with Crippen molar-refractivity contribution in [3.63, 3.8) is 0 Å². The first kappa shape index (κ1) is 16.8. The normalized spacial score (nSPS) is 18.3. The van der Waals surface area contributed by atoms with Crippen molar-refractivity contribution in [2.45, 2.75) is 38.8 Å². The van der Waals surface area contributed by atoms with E-state index in [1.807, 2.05) is 31.3 Å². The van der Waals surface area contributed by atoms with E-state index in [1.54, 1.807) is 4.57 Å². The molecule has 0 saturated carbocycles. The zero-order valence-corrected chi connectivity index (χ0v) is 15.0. The fourth-order valence-corrected chi connectivity index (χ4v) is 3.85. The molecule has 0 aromatic carbocycles. The zero-order chi connectivity index (χ0) is 17.9. The summed E-state index contributed by atoms with van der Waals surface area (Å²) >= 11 is 0. The average molecular weight is 352 g/mol. The molecule has 26 heavy (non-hydrogen) atoms. The number of aromatic nitrogens is 5. The van der Waals surface area contributed by atoms with Gasteiger partial charge in [0.25, 0.3) is 0 Å². The molecule has 0 radical (unpaired) electrons. The van der Waals surface area contributed by atoms with Crippen molar-refractivity contribution in [2.75, 3.05) is 13.1 Å². The fourth-order valence-electron chi connectivity index (χ4n) is 3.85. The van der Waals surface area contributed by atoms with Crippen LogP contribution in [0.4, 0.5) is 0 Å². The summed E-state index contributed by atoms with van der Waals surface area (Å²) in [6, 6.07) is 10.2. The molecule has 1 aliphatic rings. The Morgan fingerprint density at radius 3 is 3.00 bits per heavy atom. The van der Waals surface area contributed by atoms with E-state index in [1.165, 1.54) is 5.69 Å². The minimum absolute atomic E-state index is 0.108. The lowest BCUT2D eigenvalue weighted by molar-refractivity contribution is 0.191. The van der Waals surface area contributed by atoms with Crippen LogP contribution in [-0.2, 0) is 13.1 Å². The van der Waals surface area contributed by atoms with Gasteiger partial charge in [-0.05, 0) is 50.6 Å². The highest BCUT2D eigenvalue weighted by atomic mass is 16.1. The number of pyridine rings is 1. The summed E-state index contributed by atoms with van der Waals surface area (Å²) in [5.74, 6) is 2.12. The van der Waals surface area contributed by atoms with E-state index in [9.17, 15) is 4.79 Å². The molecule has 0 aliphatic carbocycles. The number of rotatable bonds is 5. The maximum Gasteiger partial charge on any atom is 0.343 e. The molecule has 1 atom stereocenters. The van der Waals surface area contributed by atoms with E-state index in [2.05, 4.69) is 43.0 Å². The van der Waals surface area contributed by atoms with Gasteiger partial charge in [0.2, 0.25) is 0 Å². The molecule has 4 heterocycles. The molecule has 1 N–H and O–H groups in total. The third kappa shape index (κ3) is 3.22. The number of likely N-dealkylation sites (tertiary alicyclic amines) is 1. The number of aromatic amines is 1. The quantitative estimate of drug-likeness (QED) is 0.764. The van der Waals surface area contributed by atoms with Crippen LogP contribution >= 0.6 is 0 Å². The van der Waals surface area contributed by atoms with Crippen LogP contribution in [0.1, 0.15) is 37.2 Å². The Balaban J connectivity index is 1.51. The molecule has 0 bridgehead atoms. The van der Waals surface area contributed by atoms with Gasteiger partial charge in [-0.1, -0.05) is 6.07 Å². The molecule has 1 fully saturated rings. The van der Waals surface area contributed by atoms with Crippen LogP contribution in [0.15, 0.2) is 47.5 Å². The molecule has 7 heteroatoms. The van der Waals surface area contributed by atoms with E-state index in [-0.39, 0.29) is 5.69 Å². The molecule has 7 nitrogen and oxygen atoms in total. The maximum absolute atomic E-state index is 11.9. The lowest BCUT2D eigenvalue weighted by Crippen LogP contribution is -2.36. The zero-order valence-electron chi connectivity index (χ0n) is 15.0. The second-order valence-corrected chi connectivity index (χ2v) is 6.76. The number of hydrogen-bond donors (Lipinski definition) is 1. The van der Waals surface area contributed by atoms with Crippen molar-refractivity contribution in [1.82, 2.24) is 29.2 Å². The number of piperidine rings is 1. The van der Waals surface area contributed by atoms with Crippen LogP contribution in [-0.4, -0.2) is 42.3 Å². The highest BCUT2D eigenvalue weighted by Crippen LogP contribution is 2.26. The summed E-state index contributed by atoms with van der Waals surface area (Å²) in [7, 11) is 0. The SMILES string of the molecule is CCn1c([C@H]2CCCN(Cc3cccn3-c3ccccn3)C2)n[nH]c1=O. The molecule has 0 spiro atoms. The van der Waals surface area contributed by atoms with Gasteiger partial charge in [0.05, 0.1) is 0 Å². The summed E-state index contributed by atoms with van der Waals surface area (Å²) in [6.45, 7) is 5.48. The number of H-pyrrole nitrogens is 1. The molecule has 0 amide bonds. The van der Waals surface area contributed by atoms with Crippen LogP contribution < -0.4 is 5.69 Å². The Labute approximate surface area is 152 Å². The van der Waals surface area contributed by atoms with Crippen LogP contribution in [0.25, 0.3) is 5.82 Å². The molecular weight excluding hydrogens is 328 g/mol. The van der Waals surface area contributed by atoms with Gasteiger partial charge in [0.1, 0.15) is 11.6 Å². The Bertz CT molecular complexity index is 910. The lowest BCUT2D eigenvalue weighted by atomic mass is 9.97. The van der Waals surface area contributed by atoms with Gasteiger partial charge in [-0.25, -0.2) is 14.9 Å². The third-order valence-electron chi connectivity index (χ3n) is 5.09. The van der Waals surface area contributed by atoms with Crippen LogP contribution in [0, 0.1) is 0 Å². The third-order valence-corrected chi connectivity index (χ3v) is 5.09. The standard InChI is InChI=1S/C19H24N6O/c1-2-24-18(21-22-19(24)26)15-7-5-11-23(13-15)14-16-8-6-12-25(16)17-9-3-4-10-20-17/h3-4,6,8-10,12,15H,2,5,7,11,13-14H2,1H3,(H,22,26)/t15-/m0/s1. The van der Waals surface area contributed by atoms with E-state index < -0.39 is 0 Å². The van der Waals surface area contributed by atoms with Crippen LogP contribution in [0.2, 0.25) is 0 Å². The van der Waals surface area contributed by atoms with Gasteiger partial charge in [-0.2, -0.15) is 5.10 Å². The minimum atomic E-state index is -0.108. The number of hydrogen-bond acceptors (Lipinski definition) is 4. The summed E-state index contributed by atoms with van der Waals surface area (Å²) in [4.78, 5) is 18.8. The Morgan fingerprint density at radius 2 is 2.19 bits per heavy atom. The molecule has 4 rings (SSSR count). The van der Waals surface area contributed by atoms with Crippen molar-refractivity contribution in [3.8, 4) is 5.82 Å². The van der Waals surface area contributed by atoms with Gasteiger partial charge >= 0.3 is 5.69 Å². The van der Waals surface area contributed by atoms with Gasteiger partial charge in [0, 0.05) is 43.6 Å². The molecule has 136 valence electrons. The monoisotopic (exact) mass is 352 g/mol. The average Bonchev–Trinajstić information content (AvgIpc) is 3.29. The van der Waals surface area contributed by atoms with Crippen molar-refractivity contribution < 1.29 is 0 Å². The first-order chi connectivity index (χ1) is 12.8. The Morgan fingerprint density at radius 1 is 1.27 bits per heavy atom. The summed E-state index contributed by atoms with van der Waals surface area (Å²) in [5, 5.41) is 6.89. The highest BCUT2D eigenvalue weighted by Gasteiger charge is 2.26. The smallest absolute Gasteiger partial charge is 0.304 e. The molecule has 0 unspecified atom stereocenters. The van der Waals surface area contributed by atoms with E-state index >= 15 is 0 Å². The van der Waals surface area contributed by atoms with E-state index in [0.29, 0.717) is 12.5 Å². The molecule has 3 aromatic rings.